The first kappa shape index (κ1) is 16.3. The fraction of sp³-hybridized carbons (Fsp3) is 0.474. The first-order chi connectivity index (χ1) is 12.2. The van der Waals surface area contributed by atoms with Crippen LogP contribution in [0.5, 0.6) is 0 Å². The largest absolute Gasteiger partial charge is 0.374 e. The molecule has 2 fully saturated rings. The number of hydrogen-bond donors (Lipinski definition) is 0. The molecule has 6 heteroatoms. The molecule has 132 valence electrons. The van der Waals surface area contributed by atoms with Crippen molar-refractivity contribution in [1.29, 1.82) is 0 Å². The van der Waals surface area contributed by atoms with Crippen molar-refractivity contribution in [2.45, 2.75) is 31.1 Å². The number of aryl methyl sites for hydroxylation is 1. The zero-order chi connectivity index (χ0) is 17.4. The molecular weight excluding hydrogens is 318 g/mol. The predicted molar refractivity (Wildman–Crippen MR) is 94.4 cm³/mol. The fourth-order valence-electron chi connectivity index (χ4n) is 4.05. The summed E-state index contributed by atoms with van der Waals surface area (Å²) >= 11 is 0. The molecule has 1 amide bonds. The van der Waals surface area contributed by atoms with E-state index >= 15 is 0 Å². The molecule has 1 saturated heterocycles. The number of benzene rings is 1. The van der Waals surface area contributed by atoms with Gasteiger partial charge in [0.05, 0.1) is 30.9 Å². The summed E-state index contributed by atoms with van der Waals surface area (Å²) in [5, 5.41) is 5.38. The zero-order valence-corrected chi connectivity index (χ0v) is 14.4. The molecule has 6 nitrogen and oxygen atoms in total. The smallest absolute Gasteiger partial charge is 0.275 e. The number of hydrogen-bond acceptors (Lipinski definition) is 4. The Hall–Kier alpha value is -2.18. The monoisotopic (exact) mass is 341 g/mol. The Labute approximate surface area is 147 Å². The summed E-state index contributed by atoms with van der Waals surface area (Å²) in [4.78, 5) is 15.2. The Morgan fingerprint density at radius 1 is 1.44 bits per heavy atom. The number of carbonyl (C=O) groups excluding carboxylic acids is 1. The lowest BCUT2D eigenvalue weighted by Gasteiger charge is -2.30. The molecule has 0 spiro atoms. The van der Waals surface area contributed by atoms with Crippen molar-refractivity contribution in [2.24, 2.45) is 7.05 Å². The highest BCUT2D eigenvalue weighted by Gasteiger charge is 2.45. The van der Waals surface area contributed by atoms with Crippen molar-refractivity contribution >= 4 is 16.8 Å². The first-order valence-corrected chi connectivity index (χ1v) is 8.77. The molecule has 0 radical (unpaired) electrons. The molecule has 0 unspecified atom stereocenters. The number of fused-ring (bicyclic) bond motifs is 3. The van der Waals surface area contributed by atoms with Gasteiger partial charge < -0.3 is 14.4 Å². The Morgan fingerprint density at radius 2 is 2.28 bits per heavy atom. The second-order valence-corrected chi connectivity index (χ2v) is 6.63. The molecule has 4 rings (SSSR count). The third-order valence-electron chi connectivity index (χ3n) is 5.18. The van der Waals surface area contributed by atoms with Crippen molar-refractivity contribution < 1.29 is 14.3 Å². The van der Waals surface area contributed by atoms with Crippen molar-refractivity contribution in [3.05, 3.63) is 42.6 Å². The molecule has 3 atom stereocenters. The van der Waals surface area contributed by atoms with Gasteiger partial charge >= 0.3 is 0 Å². The summed E-state index contributed by atoms with van der Waals surface area (Å²) in [5.41, 5.74) is 1.46. The lowest BCUT2D eigenvalue weighted by Crippen LogP contribution is -2.46. The molecule has 1 aromatic carbocycles. The van der Waals surface area contributed by atoms with Gasteiger partial charge in [-0.1, -0.05) is 24.3 Å². The highest BCUT2D eigenvalue weighted by molar-refractivity contribution is 6.05. The van der Waals surface area contributed by atoms with Gasteiger partial charge in [-0.25, -0.2) is 0 Å². The van der Waals surface area contributed by atoms with Gasteiger partial charge in [0.15, 0.2) is 5.69 Å². The maximum absolute atomic E-state index is 13.3. The van der Waals surface area contributed by atoms with E-state index in [0.29, 0.717) is 25.5 Å². The van der Waals surface area contributed by atoms with Crippen LogP contribution in [0, 0.1) is 0 Å². The topological polar surface area (TPSA) is 56.6 Å². The number of rotatable bonds is 4. The van der Waals surface area contributed by atoms with Crippen LogP contribution in [-0.2, 0) is 16.5 Å². The molecule has 1 aliphatic carbocycles. The molecule has 1 saturated carbocycles. The summed E-state index contributed by atoms with van der Waals surface area (Å²) in [7, 11) is 1.87. The van der Waals surface area contributed by atoms with Crippen LogP contribution >= 0.6 is 0 Å². The van der Waals surface area contributed by atoms with Crippen molar-refractivity contribution in [2.75, 3.05) is 19.8 Å². The van der Waals surface area contributed by atoms with E-state index < -0.39 is 0 Å². The van der Waals surface area contributed by atoms with Crippen LogP contribution in [0.2, 0.25) is 0 Å². The van der Waals surface area contributed by atoms with E-state index in [1.807, 2.05) is 36.2 Å². The van der Waals surface area contributed by atoms with Crippen LogP contribution in [-0.4, -0.2) is 58.6 Å². The quantitative estimate of drug-likeness (QED) is 0.800. The van der Waals surface area contributed by atoms with Crippen LogP contribution in [0.1, 0.15) is 23.3 Å². The van der Waals surface area contributed by atoms with Gasteiger partial charge in [-0.05, 0) is 18.9 Å². The summed E-state index contributed by atoms with van der Waals surface area (Å²) in [5.74, 6) is -0.0415. The van der Waals surface area contributed by atoms with Crippen LogP contribution in [0.25, 0.3) is 10.9 Å². The molecule has 25 heavy (non-hydrogen) atoms. The van der Waals surface area contributed by atoms with Gasteiger partial charge in [0, 0.05) is 19.0 Å². The van der Waals surface area contributed by atoms with Crippen LogP contribution in [0.3, 0.4) is 0 Å². The van der Waals surface area contributed by atoms with E-state index in [-0.39, 0.29) is 24.2 Å². The van der Waals surface area contributed by atoms with Crippen molar-refractivity contribution in [3.8, 4) is 0 Å². The molecule has 1 aromatic heterocycles. The third kappa shape index (κ3) is 2.75. The summed E-state index contributed by atoms with van der Waals surface area (Å²) in [6.07, 6.45) is 3.51. The Kier molecular flexibility index (Phi) is 4.31. The minimum atomic E-state index is -0.0978. The minimum absolute atomic E-state index is 0.0284. The van der Waals surface area contributed by atoms with Gasteiger partial charge in [-0.2, -0.15) is 5.10 Å². The van der Waals surface area contributed by atoms with Gasteiger partial charge in [0.25, 0.3) is 5.91 Å². The van der Waals surface area contributed by atoms with Crippen molar-refractivity contribution in [3.63, 3.8) is 0 Å². The van der Waals surface area contributed by atoms with E-state index in [0.717, 1.165) is 23.7 Å². The van der Waals surface area contributed by atoms with Gasteiger partial charge in [0.2, 0.25) is 0 Å². The number of amides is 1. The molecular formula is C19H23N3O3. The molecule has 2 aromatic rings. The maximum Gasteiger partial charge on any atom is 0.275 e. The lowest BCUT2D eigenvalue weighted by molar-refractivity contribution is -0.0434. The Bertz CT molecular complexity index is 800. The van der Waals surface area contributed by atoms with E-state index in [4.69, 9.17) is 9.47 Å². The summed E-state index contributed by atoms with van der Waals surface area (Å²) in [6.45, 7) is 5.29. The molecule has 2 heterocycles. The average Bonchev–Trinajstić information content (AvgIpc) is 3.10. The highest BCUT2D eigenvalue weighted by Crippen LogP contribution is 2.33. The summed E-state index contributed by atoms with van der Waals surface area (Å²) in [6, 6.07) is 7.85. The van der Waals surface area contributed by atoms with E-state index in [2.05, 4.69) is 11.7 Å². The third-order valence-corrected chi connectivity index (χ3v) is 5.18. The Morgan fingerprint density at radius 3 is 3.12 bits per heavy atom. The number of aromatic nitrogens is 2. The van der Waals surface area contributed by atoms with Crippen LogP contribution < -0.4 is 0 Å². The van der Waals surface area contributed by atoms with Gasteiger partial charge in [0.1, 0.15) is 6.10 Å². The van der Waals surface area contributed by atoms with E-state index in [1.54, 1.807) is 10.8 Å². The number of carbonyl (C=O) groups is 1. The number of para-hydroxylation sites is 1. The molecule has 0 N–H and O–H groups in total. The number of ether oxygens (including phenoxy) is 2. The van der Waals surface area contributed by atoms with Gasteiger partial charge in [-0.15, -0.1) is 6.58 Å². The normalized spacial score (nSPS) is 26.0. The summed E-state index contributed by atoms with van der Waals surface area (Å²) < 4.78 is 13.6. The molecule has 2 aliphatic rings. The van der Waals surface area contributed by atoms with Crippen LogP contribution in [0.4, 0.5) is 0 Å². The standard InChI is InChI=1S/C19H23N3O3/c1-3-11-25-18-15-8-9-16(18)24-12-10-22(15)19(23)17-13-6-4-5-7-14(13)21(2)20-17/h3-7,15-16,18H,1,8-12H2,2H3/t15-,16-,18+/m1/s1. The fourth-order valence-corrected chi connectivity index (χ4v) is 4.05. The Balaban J connectivity index is 1.67. The average molecular weight is 341 g/mol. The van der Waals surface area contributed by atoms with Gasteiger partial charge in [-0.3, -0.25) is 9.48 Å². The SMILES string of the molecule is C=CCO[C@H]1[C@H]2CC[C@H]1OCCN2C(=O)c1nn(C)c2ccccc12. The predicted octanol–water partition coefficient (Wildman–Crippen LogP) is 2.15. The number of nitrogens with zero attached hydrogens (tertiary/aromatic N) is 3. The highest BCUT2D eigenvalue weighted by atomic mass is 16.5. The molecule has 1 aliphatic heterocycles. The zero-order valence-electron chi connectivity index (χ0n) is 14.4. The second-order valence-electron chi connectivity index (χ2n) is 6.63. The van der Waals surface area contributed by atoms with E-state index in [9.17, 15) is 4.79 Å². The van der Waals surface area contributed by atoms with Crippen LogP contribution in [0.15, 0.2) is 36.9 Å². The lowest BCUT2D eigenvalue weighted by atomic mass is 10.1. The minimum Gasteiger partial charge on any atom is -0.374 e. The first-order valence-electron chi connectivity index (χ1n) is 8.77. The second kappa shape index (κ2) is 6.61. The van der Waals surface area contributed by atoms with Crippen molar-refractivity contribution in [1.82, 2.24) is 14.7 Å². The molecule has 2 bridgehead atoms. The maximum atomic E-state index is 13.3. The van der Waals surface area contributed by atoms with E-state index in [1.165, 1.54) is 0 Å².